The van der Waals surface area contributed by atoms with E-state index in [2.05, 4.69) is 21.0 Å². The molecule has 0 saturated heterocycles. The Labute approximate surface area is 98.2 Å². The van der Waals surface area contributed by atoms with Crippen molar-refractivity contribution in [2.75, 3.05) is 0 Å². The third-order valence-corrected chi connectivity index (χ3v) is 2.92. The average Bonchev–Trinajstić information content (AvgIpc) is 2.54. The Balaban J connectivity index is 2.67. The Bertz CT molecular complexity index is 531. The zero-order valence-corrected chi connectivity index (χ0v) is 9.93. The Morgan fingerprint density at radius 2 is 2.06 bits per heavy atom. The fourth-order valence-electron chi connectivity index (χ4n) is 1.56. The molecule has 0 fully saturated rings. The van der Waals surface area contributed by atoms with Crippen LogP contribution in [0.2, 0.25) is 0 Å². The van der Waals surface area contributed by atoms with Crippen molar-refractivity contribution in [1.82, 2.24) is 9.78 Å². The molecule has 0 N–H and O–H groups in total. The molecule has 0 aliphatic carbocycles. The lowest BCUT2D eigenvalue weighted by Gasteiger charge is -2.06. The van der Waals surface area contributed by atoms with E-state index < -0.39 is 11.7 Å². The molecule has 0 aliphatic rings. The smallest absolute Gasteiger partial charge is 0.264 e. The summed E-state index contributed by atoms with van der Waals surface area (Å²) in [5.41, 5.74) is 0.0405. The Hall–Kier alpha value is -1.04. The molecule has 0 saturated carbocycles. The van der Waals surface area contributed by atoms with Crippen LogP contribution in [0.25, 0.3) is 10.9 Å². The summed E-state index contributed by atoms with van der Waals surface area (Å²) >= 11 is 3.16. The molecule has 0 unspecified atom stereocenters. The lowest BCUT2D eigenvalue weighted by atomic mass is 10.1. The predicted molar refractivity (Wildman–Crippen MR) is 58.1 cm³/mol. The van der Waals surface area contributed by atoms with Gasteiger partial charge in [-0.15, -0.1) is 0 Å². The fraction of sp³-hybridized carbons (Fsp3) is 0.300. The molecule has 2 aromatic rings. The molecule has 16 heavy (non-hydrogen) atoms. The summed E-state index contributed by atoms with van der Waals surface area (Å²) in [6.45, 7) is 2.50. The minimum atomic E-state index is -4.32. The first-order chi connectivity index (χ1) is 7.43. The Morgan fingerprint density at radius 1 is 1.38 bits per heavy atom. The van der Waals surface area contributed by atoms with Gasteiger partial charge < -0.3 is 0 Å². The van der Waals surface area contributed by atoms with Gasteiger partial charge in [-0.2, -0.15) is 18.3 Å². The van der Waals surface area contributed by atoms with Crippen LogP contribution in [0, 0.1) is 0 Å². The summed E-state index contributed by atoms with van der Waals surface area (Å²) < 4.78 is 39.6. The van der Waals surface area contributed by atoms with Crippen LogP contribution >= 0.6 is 15.9 Å². The fourth-order valence-corrected chi connectivity index (χ4v) is 2.07. The molecule has 6 heteroatoms. The molecule has 1 aromatic heterocycles. The van der Waals surface area contributed by atoms with E-state index in [9.17, 15) is 13.2 Å². The van der Waals surface area contributed by atoms with Gasteiger partial charge in [0, 0.05) is 11.9 Å². The predicted octanol–water partition coefficient (Wildman–Crippen LogP) is 3.84. The average molecular weight is 293 g/mol. The van der Waals surface area contributed by atoms with E-state index in [0.717, 1.165) is 12.1 Å². The number of rotatable bonds is 1. The van der Waals surface area contributed by atoms with Crippen LogP contribution in [0.1, 0.15) is 12.5 Å². The van der Waals surface area contributed by atoms with Gasteiger partial charge in [-0.1, -0.05) is 0 Å². The Morgan fingerprint density at radius 3 is 2.62 bits per heavy atom. The van der Waals surface area contributed by atoms with E-state index in [1.807, 2.05) is 6.92 Å². The van der Waals surface area contributed by atoms with E-state index in [4.69, 9.17) is 0 Å². The molecule has 0 aliphatic heterocycles. The monoisotopic (exact) mass is 292 g/mol. The second-order valence-corrected chi connectivity index (χ2v) is 4.09. The van der Waals surface area contributed by atoms with E-state index in [1.165, 1.54) is 6.07 Å². The first-order valence-electron chi connectivity index (χ1n) is 4.66. The highest BCUT2D eigenvalue weighted by Gasteiger charge is 2.31. The van der Waals surface area contributed by atoms with Gasteiger partial charge in [0.25, 0.3) is 0 Å². The normalized spacial score (nSPS) is 12.3. The van der Waals surface area contributed by atoms with Crippen LogP contribution in [0.15, 0.2) is 22.8 Å². The second-order valence-electron chi connectivity index (χ2n) is 3.34. The maximum Gasteiger partial charge on any atom is 0.416 e. The van der Waals surface area contributed by atoms with Crippen molar-refractivity contribution < 1.29 is 13.2 Å². The van der Waals surface area contributed by atoms with Crippen molar-refractivity contribution in [2.45, 2.75) is 19.6 Å². The molecule has 0 radical (unpaired) electrons. The van der Waals surface area contributed by atoms with Crippen LogP contribution in [0.4, 0.5) is 13.2 Å². The number of hydrogen-bond donors (Lipinski definition) is 0. The molecular formula is C10H8BrF3N2. The highest BCUT2D eigenvalue weighted by molar-refractivity contribution is 9.10. The summed E-state index contributed by atoms with van der Waals surface area (Å²) in [4.78, 5) is 0. The number of aromatic nitrogens is 2. The van der Waals surface area contributed by atoms with Gasteiger partial charge >= 0.3 is 6.18 Å². The second kappa shape index (κ2) is 3.76. The number of halogens is 4. The third kappa shape index (κ3) is 1.81. The maximum atomic E-state index is 12.5. The van der Waals surface area contributed by atoms with Gasteiger partial charge in [-0.05, 0) is 41.1 Å². The molecule has 0 bridgehead atoms. The number of aryl methyl sites for hydroxylation is 1. The first-order valence-corrected chi connectivity index (χ1v) is 5.46. The zero-order chi connectivity index (χ0) is 11.9. The van der Waals surface area contributed by atoms with Crippen molar-refractivity contribution in [1.29, 1.82) is 0 Å². The lowest BCUT2D eigenvalue weighted by molar-refractivity contribution is -0.137. The van der Waals surface area contributed by atoms with Gasteiger partial charge in [0.15, 0.2) is 0 Å². The molecular weight excluding hydrogens is 285 g/mol. The molecule has 1 aromatic carbocycles. The minimum absolute atomic E-state index is 0.440. The van der Waals surface area contributed by atoms with Crippen LogP contribution in [0.5, 0.6) is 0 Å². The van der Waals surface area contributed by atoms with E-state index in [1.54, 1.807) is 4.68 Å². The molecule has 1 heterocycles. The van der Waals surface area contributed by atoms with Gasteiger partial charge in [-0.3, -0.25) is 4.68 Å². The number of benzene rings is 1. The van der Waals surface area contributed by atoms with Crippen LogP contribution < -0.4 is 0 Å². The lowest BCUT2D eigenvalue weighted by Crippen LogP contribution is -2.04. The Kier molecular flexibility index (Phi) is 2.69. The number of fused-ring (bicyclic) bond motifs is 1. The zero-order valence-electron chi connectivity index (χ0n) is 8.35. The molecule has 0 amide bonds. The van der Waals surface area contributed by atoms with Crippen molar-refractivity contribution in [3.05, 3.63) is 28.4 Å². The van der Waals surface area contributed by atoms with E-state index >= 15 is 0 Å². The summed E-state index contributed by atoms with van der Waals surface area (Å²) in [5, 5.41) is 4.58. The number of hydrogen-bond acceptors (Lipinski definition) is 1. The van der Waals surface area contributed by atoms with Gasteiger partial charge in [-0.25, -0.2) is 0 Å². The van der Waals surface area contributed by atoms with Crippen molar-refractivity contribution in [2.24, 2.45) is 0 Å². The summed E-state index contributed by atoms with van der Waals surface area (Å²) in [7, 11) is 0. The van der Waals surface area contributed by atoms with Crippen molar-refractivity contribution in [3.8, 4) is 0 Å². The highest BCUT2D eigenvalue weighted by atomic mass is 79.9. The summed E-state index contributed by atoms with van der Waals surface area (Å²) in [5.74, 6) is 0. The van der Waals surface area contributed by atoms with Crippen molar-refractivity contribution in [3.63, 3.8) is 0 Å². The maximum absolute atomic E-state index is 12.5. The van der Waals surface area contributed by atoms with Crippen LogP contribution in [-0.2, 0) is 12.7 Å². The molecule has 0 atom stereocenters. The highest BCUT2D eigenvalue weighted by Crippen LogP contribution is 2.33. The summed E-state index contributed by atoms with van der Waals surface area (Å²) in [6.07, 6.45) is -4.32. The van der Waals surface area contributed by atoms with Crippen LogP contribution in [-0.4, -0.2) is 9.78 Å². The van der Waals surface area contributed by atoms with Crippen LogP contribution in [0.3, 0.4) is 0 Å². The molecule has 2 rings (SSSR count). The van der Waals surface area contributed by atoms with E-state index in [-0.39, 0.29) is 0 Å². The number of nitrogens with zero attached hydrogens (tertiary/aromatic N) is 2. The largest absolute Gasteiger partial charge is 0.416 e. The SMILES string of the molecule is CCn1nc(Br)c2cc(C(F)(F)F)ccc21. The van der Waals surface area contributed by atoms with Crippen molar-refractivity contribution >= 4 is 26.8 Å². The first kappa shape index (κ1) is 11.4. The third-order valence-electron chi connectivity index (χ3n) is 2.33. The summed E-state index contributed by atoms with van der Waals surface area (Å²) in [6, 6.07) is 3.63. The standard InChI is InChI=1S/C10H8BrF3N2/c1-2-16-8-4-3-6(10(12,13)14)5-7(8)9(11)15-16/h3-5H,2H2,1H3. The topological polar surface area (TPSA) is 17.8 Å². The number of alkyl halides is 3. The molecule has 0 spiro atoms. The van der Waals surface area contributed by atoms with E-state index in [0.29, 0.717) is 22.1 Å². The van der Waals surface area contributed by atoms with Gasteiger partial charge in [0.2, 0.25) is 0 Å². The quantitative estimate of drug-likeness (QED) is 0.781. The van der Waals surface area contributed by atoms with Gasteiger partial charge in [0.1, 0.15) is 4.60 Å². The minimum Gasteiger partial charge on any atom is -0.264 e. The molecule has 2 nitrogen and oxygen atoms in total. The molecule has 86 valence electrons. The van der Waals surface area contributed by atoms with Gasteiger partial charge in [0.05, 0.1) is 11.1 Å².